The largest absolute Gasteiger partial charge is 0.370 e. The van der Waals surface area contributed by atoms with Gasteiger partial charge in [-0.05, 0) is 33.2 Å². The van der Waals surface area contributed by atoms with E-state index < -0.39 is 0 Å². The van der Waals surface area contributed by atoms with Crippen molar-refractivity contribution in [1.82, 2.24) is 9.80 Å². The zero-order valence-electron chi connectivity index (χ0n) is 11.1. The molecule has 2 N–H and O–H groups in total. The van der Waals surface area contributed by atoms with Crippen molar-refractivity contribution in [1.29, 1.82) is 0 Å². The van der Waals surface area contributed by atoms with Gasteiger partial charge in [0.15, 0.2) is 5.96 Å². The Morgan fingerprint density at radius 1 is 1.44 bits per heavy atom. The molecule has 4 heteroatoms. The number of hydrogen-bond donors (Lipinski definition) is 1. The van der Waals surface area contributed by atoms with Gasteiger partial charge in [-0.1, -0.05) is 6.92 Å². The Labute approximate surface area is 99.5 Å². The summed E-state index contributed by atoms with van der Waals surface area (Å²) in [7, 11) is 4.18. The highest BCUT2D eigenvalue weighted by molar-refractivity contribution is 5.78. The van der Waals surface area contributed by atoms with Gasteiger partial charge in [-0.2, -0.15) is 0 Å². The Kier molecular flexibility index (Phi) is 5.06. The van der Waals surface area contributed by atoms with Crippen molar-refractivity contribution >= 4 is 5.96 Å². The van der Waals surface area contributed by atoms with Crippen LogP contribution in [-0.2, 0) is 0 Å². The highest BCUT2D eigenvalue weighted by Gasteiger charge is 2.27. The fraction of sp³-hybridized carbons (Fsp3) is 0.917. The summed E-state index contributed by atoms with van der Waals surface area (Å²) in [5.41, 5.74) is 5.91. The molecule has 0 spiro atoms. The van der Waals surface area contributed by atoms with Crippen LogP contribution in [0.4, 0.5) is 0 Å². The van der Waals surface area contributed by atoms with Crippen molar-refractivity contribution in [2.75, 3.05) is 27.2 Å². The van der Waals surface area contributed by atoms with Gasteiger partial charge in [-0.3, -0.25) is 4.99 Å². The Morgan fingerprint density at radius 2 is 2.06 bits per heavy atom. The molecule has 0 saturated heterocycles. The summed E-state index contributed by atoms with van der Waals surface area (Å²) in [4.78, 5) is 8.85. The molecule has 0 radical (unpaired) electrons. The second-order valence-electron chi connectivity index (χ2n) is 4.82. The third kappa shape index (κ3) is 4.00. The van der Waals surface area contributed by atoms with Crippen LogP contribution < -0.4 is 5.73 Å². The van der Waals surface area contributed by atoms with E-state index in [1.54, 1.807) is 0 Å². The van der Waals surface area contributed by atoms with E-state index in [2.05, 4.69) is 35.7 Å². The van der Waals surface area contributed by atoms with Crippen molar-refractivity contribution in [3.63, 3.8) is 0 Å². The molecular weight excluding hydrogens is 200 g/mol. The summed E-state index contributed by atoms with van der Waals surface area (Å²) in [6.45, 7) is 6.22. The lowest BCUT2D eigenvalue weighted by Gasteiger charge is -2.23. The monoisotopic (exact) mass is 226 g/mol. The maximum Gasteiger partial charge on any atom is 0.191 e. The van der Waals surface area contributed by atoms with Crippen LogP contribution in [0.25, 0.3) is 0 Å². The number of guanidine groups is 1. The van der Waals surface area contributed by atoms with Crippen molar-refractivity contribution in [3.8, 4) is 0 Å². The Hall–Kier alpha value is -0.770. The number of nitrogens with two attached hydrogens (primary N) is 1. The number of aliphatic imine (C=N–C) groups is 1. The van der Waals surface area contributed by atoms with Crippen molar-refractivity contribution in [3.05, 3.63) is 0 Å². The van der Waals surface area contributed by atoms with Gasteiger partial charge >= 0.3 is 0 Å². The molecule has 94 valence electrons. The Balaban J connectivity index is 2.24. The summed E-state index contributed by atoms with van der Waals surface area (Å²) < 4.78 is 0. The normalized spacial score (nSPS) is 18.9. The molecule has 0 aromatic heterocycles. The second-order valence-corrected chi connectivity index (χ2v) is 4.82. The first kappa shape index (κ1) is 13.3. The van der Waals surface area contributed by atoms with Crippen LogP contribution in [-0.4, -0.2) is 55.0 Å². The minimum atomic E-state index is 0.623. The van der Waals surface area contributed by atoms with Crippen molar-refractivity contribution < 1.29 is 0 Å². The van der Waals surface area contributed by atoms with E-state index in [9.17, 15) is 0 Å². The third-order valence-corrected chi connectivity index (χ3v) is 3.53. The first-order chi connectivity index (χ1) is 7.56. The van der Waals surface area contributed by atoms with Gasteiger partial charge in [0.1, 0.15) is 0 Å². The average molecular weight is 226 g/mol. The molecule has 1 aliphatic carbocycles. The van der Waals surface area contributed by atoms with Gasteiger partial charge in [0, 0.05) is 25.7 Å². The molecule has 4 nitrogen and oxygen atoms in total. The fourth-order valence-electron chi connectivity index (χ4n) is 1.61. The van der Waals surface area contributed by atoms with Crippen LogP contribution in [0.15, 0.2) is 4.99 Å². The highest BCUT2D eigenvalue weighted by atomic mass is 15.3. The lowest BCUT2D eigenvalue weighted by atomic mass is 10.2. The van der Waals surface area contributed by atoms with Crippen LogP contribution in [0.2, 0.25) is 0 Å². The average Bonchev–Trinajstić information content (AvgIpc) is 3.10. The smallest absolute Gasteiger partial charge is 0.191 e. The van der Waals surface area contributed by atoms with E-state index in [0.717, 1.165) is 13.1 Å². The molecule has 0 aromatic carbocycles. The van der Waals surface area contributed by atoms with Crippen molar-refractivity contribution in [2.45, 2.75) is 45.2 Å². The molecule has 1 fully saturated rings. The maximum absolute atomic E-state index is 5.91. The summed E-state index contributed by atoms with van der Waals surface area (Å²) in [6, 6.07) is 1.27. The minimum Gasteiger partial charge on any atom is -0.370 e. The maximum atomic E-state index is 5.91. The quantitative estimate of drug-likeness (QED) is 0.545. The van der Waals surface area contributed by atoms with E-state index in [-0.39, 0.29) is 0 Å². The lowest BCUT2D eigenvalue weighted by molar-refractivity contribution is 0.259. The number of nitrogens with zero attached hydrogens (tertiary/aromatic N) is 3. The number of likely N-dealkylation sites (N-methyl/N-ethyl adjacent to an activating group) is 1. The second kappa shape index (κ2) is 6.09. The third-order valence-electron chi connectivity index (χ3n) is 3.53. The molecule has 1 saturated carbocycles. The van der Waals surface area contributed by atoms with E-state index in [1.165, 1.54) is 19.3 Å². The SMILES string of the molecule is CCC(C)N(C)CCN=C(N)N(C)C1CC1. The molecule has 0 aliphatic heterocycles. The molecule has 1 aliphatic rings. The molecule has 0 aromatic rings. The minimum absolute atomic E-state index is 0.623. The van der Waals surface area contributed by atoms with Crippen LogP contribution in [0.3, 0.4) is 0 Å². The summed E-state index contributed by atoms with van der Waals surface area (Å²) >= 11 is 0. The van der Waals surface area contributed by atoms with Gasteiger partial charge in [0.2, 0.25) is 0 Å². The van der Waals surface area contributed by atoms with E-state index in [4.69, 9.17) is 5.73 Å². The summed E-state index contributed by atoms with van der Waals surface area (Å²) in [5, 5.41) is 0. The zero-order valence-corrected chi connectivity index (χ0v) is 11.1. The molecule has 0 amide bonds. The van der Waals surface area contributed by atoms with Gasteiger partial charge in [-0.15, -0.1) is 0 Å². The predicted molar refractivity (Wildman–Crippen MR) is 69.7 cm³/mol. The van der Waals surface area contributed by atoms with Crippen molar-refractivity contribution in [2.24, 2.45) is 10.7 Å². The van der Waals surface area contributed by atoms with Gasteiger partial charge in [0.05, 0.1) is 6.54 Å². The van der Waals surface area contributed by atoms with Crippen LogP contribution in [0, 0.1) is 0 Å². The molecule has 1 atom stereocenters. The highest BCUT2D eigenvalue weighted by Crippen LogP contribution is 2.24. The van der Waals surface area contributed by atoms with Gasteiger partial charge in [0.25, 0.3) is 0 Å². The standard InChI is InChI=1S/C12H26N4/c1-5-10(2)15(3)9-8-14-12(13)16(4)11-6-7-11/h10-11H,5-9H2,1-4H3,(H2,13,14). The molecule has 1 rings (SSSR count). The Bertz CT molecular complexity index is 235. The number of hydrogen-bond acceptors (Lipinski definition) is 2. The number of rotatable bonds is 6. The molecule has 0 heterocycles. The summed E-state index contributed by atoms with van der Waals surface area (Å²) in [6.07, 6.45) is 3.71. The van der Waals surface area contributed by atoms with E-state index in [0.29, 0.717) is 18.0 Å². The fourth-order valence-corrected chi connectivity index (χ4v) is 1.61. The van der Waals surface area contributed by atoms with E-state index in [1.807, 2.05) is 7.05 Å². The first-order valence-electron chi connectivity index (χ1n) is 6.29. The lowest BCUT2D eigenvalue weighted by Crippen LogP contribution is -2.37. The Morgan fingerprint density at radius 3 is 2.56 bits per heavy atom. The molecular formula is C12H26N4. The topological polar surface area (TPSA) is 44.9 Å². The molecule has 0 bridgehead atoms. The van der Waals surface area contributed by atoms with Crippen LogP contribution in [0.1, 0.15) is 33.1 Å². The zero-order chi connectivity index (χ0) is 12.1. The van der Waals surface area contributed by atoms with Gasteiger partial charge in [-0.25, -0.2) is 0 Å². The van der Waals surface area contributed by atoms with Gasteiger partial charge < -0.3 is 15.5 Å². The first-order valence-corrected chi connectivity index (χ1v) is 6.29. The summed E-state index contributed by atoms with van der Waals surface area (Å²) in [5.74, 6) is 0.694. The van der Waals surface area contributed by atoms with E-state index >= 15 is 0 Å². The predicted octanol–water partition coefficient (Wildman–Crippen LogP) is 1.13. The molecule has 16 heavy (non-hydrogen) atoms. The molecule has 1 unspecified atom stereocenters. The van der Waals surface area contributed by atoms with Crippen LogP contribution >= 0.6 is 0 Å². The van der Waals surface area contributed by atoms with Crippen LogP contribution in [0.5, 0.6) is 0 Å².